The first-order valence-corrected chi connectivity index (χ1v) is 6.55. The summed E-state index contributed by atoms with van der Waals surface area (Å²) in [6.45, 7) is 5.67. The molecule has 0 aliphatic heterocycles. The summed E-state index contributed by atoms with van der Waals surface area (Å²) in [5.74, 6) is -0.402. The van der Waals surface area contributed by atoms with Crippen molar-refractivity contribution in [1.82, 2.24) is 5.32 Å². The number of amides is 1. The van der Waals surface area contributed by atoms with Gasteiger partial charge in [0.15, 0.2) is 0 Å². The molecule has 0 bridgehead atoms. The van der Waals surface area contributed by atoms with Gasteiger partial charge in [-0.25, -0.2) is 4.39 Å². The average molecular weight is 267 g/mol. The Morgan fingerprint density at radius 2 is 1.95 bits per heavy atom. The fourth-order valence-corrected chi connectivity index (χ4v) is 1.87. The molecule has 1 unspecified atom stereocenters. The van der Waals surface area contributed by atoms with Crippen molar-refractivity contribution in [3.8, 4) is 0 Å². The molecule has 4 heteroatoms. The molecule has 0 saturated carbocycles. The molecule has 2 N–H and O–H groups in total. The maximum Gasteiger partial charge on any atom is 0.230 e. The van der Waals surface area contributed by atoms with Gasteiger partial charge in [-0.3, -0.25) is 4.79 Å². The zero-order valence-corrected chi connectivity index (χ0v) is 11.7. The largest absolute Gasteiger partial charge is 0.396 e. The molecule has 0 aliphatic rings. The molecule has 1 aromatic rings. The third-order valence-corrected chi connectivity index (χ3v) is 3.31. The highest BCUT2D eigenvalue weighted by Crippen LogP contribution is 2.23. The van der Waals surface area contributed by atoms with E-state index >= 15 is 0 Å². The fourth-order valence-electron chi connectivity index (χ4n) is 1.87. The number of halogens is 1. The van der Waals surface area contributed by atoms with Crippen molar-refractivity contribution < 1.29 is 14.3 Å². The predicted octanol–water partition coefficient (Wildman–Crippen LogP) is 2.38. The van der Waals surface area contributed by atoms with Gasteiger partial charge in [0.25, 0.3) is 0 Å². The molecule has 0 heterocycles. The number of benzene rings is 1. The molecular weight excluding hydrogens is 245 g/mol. The molecule has 0 radical (unpaired) electrons. The van der Waals surface area contributed by atoms with Gasteiger partial charge in [0.05, 0.1) is 5.41 Å². The lowest BCUT2D eigenvalue weighted by Crippen LogP contribution is -2.44. The standard InChI is InChI=1S/C15H22FNO2/c1-11(5-4-10-18)17-14(19)15(2,3)12-6-8-13(16)9-7-12/h6-9,11,18H,4-5,10H2,1-3H3,(H,17,19). The Morgan fingerprint density at radius 1 is 1.37 bits per heavy atom. The quantitative estimate of drug-likeness (QED) is 0.831. The highest BCUT2D eigenvalue weighted by atomic mass is 19.1. The lowest BCUT2D eigenvalue weighted by atomic mass is 9.83. The maximum atomic E-state index is 12.9. The minimum Gasteiger partial charge on any atom is -0.396 e. The first-order valence-electron chi connectivity index (χ1n) is 6.55. The summed E-state index contributed by atoms with van der Waals surface area (Å²) in [6.07, 6.45) is 1.40. The number of hydrogen-bond donors (Lipinski definition) is 2. The highest BCUT2D eigenvalue weighted by molar-refractivity contribution is 5.87. The molecule has 0 fully saturated rings. The van der Waals surface area contributed by atoms with Gasteiger partial charge in [0, 0.05) is 12.6 Å². The SMILES string of the molecule is CC(CCCO)NC(=O)C(C)(C)c1ccc(F)cc1. The third kappa shape index (κ3) is 4.31. The van der Waals surface area contributed by atoms with E-state index in [1.165, 1.54) is 12.1 Å². The third-order valence-electron chi connectivity index (χ3n) is 3.31. The fraction of sp³-hybridized carbons (Fsp3) is 0.533. The number of rotatable bonds is 6. The lowest BCUT2D eigenvalue weighted by Gasteiger charge is -2.26. The smallest absolute Gasteiger partial charge is 0.230 e. The van der Waals surface area contributed by atoms with Crippen LogP contribution in [0.5, 0.6) is 0 Å². The van der Waals surface area contributed by atoms with Crippen molar-refractivity contribution in [1.29, 1.82) is 0 Å². The zero-order chi connectivity index (χ0) is 14.5. The van der Waals surface area contributed by atoms with Crippen LogP contribution in [0.3, 0.4) is 0 Å². The first kappa shape index (κ1) is 15.6. The van der Waals surface area contributed by atoms with Crippen LogP contribution < -0.4 is 5.32 Å². The molecule has 1 amide bonds. The van der Waals surface area contributed by atoms with E-state index in [0.717, 1.165) is 12.0 Å². The molecule has 0 aromatic heterocycles. The predicted molar refractivity (Wildman–Crippen MR) is 73.4 cm³/mol. The van der Waals surface area contributed by atoms with Gasteiger partial charge in [0.2, 0.25) is 5.91 Å². The van der Waals surface area contributed by atoms with Gasteiger partial charge < -0.3 is 10.4 Å². The molecule has 0 aliphatic carbocycles. The lowest BCUT2D eigenvalue weighted by molar-refractivity contribution is -0.126. The van der Waals surface area contributed by atoms with Crippen molar-refractivity contribution >= 4 is 5.91 Å². The van der Waals surface area contributed by atoms with Crippen LogP contribution in [0.4, 0.5) is 4.39 Å². The molecule has 1 aromatic carbocycles. The van der Waals surface area contributed by atoms with Crippen LogP contribution in [0.1, 0.15) is 39.2 Å². The van der Waals surface area contributed by atoms with E-state index in [9.17, 15) is 9.18 Å². The number of aliphatic hydroxyl groups is 1. The molecule has 106 valence electrons. The van der Waals surface area contributed by atoms with Gasteiger partial charge in [-0.15, -0.1) is 0 Å². The molecule has 19 heavy (non-hydrogen) atoms. The number of carbonyl (C=O) groups is 1. The summed E-state index contributed by atoms with van der Waals surface area (Å²) in [4.78, 5) is 12.3. The van der Waals surface area contributed by atoms with Crippen molar-refractivity contribution in [3.05, 3.63) is 35.6 Å². The Balaban J connectivity index is 2.71. The molecular formula is C15H22FNO2. The van der Waals surface area contributed by atoms with E-state index in [1.54, 1.807) is 12.1 Å². The number of aliphatic hydroxyl groups excluding tert-OH is 1. The Morgan fingerprint density at radius 3 is 2.47 bits per heavy atom. The van der Waals surface area contributed by atoms with Gasteiger partial charge in [-0.05, 0) is 51.3 Å². The minimum absolute atomic E-state index is 0.0133. The van der Waals surface area contributed by atoms with Crippen LogP contribution in [-0.4, -0.2) is 23.7 Å². The molecule has 1 atom stereocenters. The van der Waals surface area contributed by atoms with Gasteiger partial charge in [-0.2, -0.15) is 0 Å². The first-order chi connectivity index (χ1) is 8.87. The van der Waals surface area contributed by atoms with Crippen LogP contribution >= 0.6 is 0 Å². The Labute approximate surface area is 113 Å². The minimum atomic E-state index is -0.707. The Bertz CT molecular complexity index is 415. The summed E-state index contributed by atoms with van der Waals surface area (Å²) < 4.78 is 12.9. The van der Waals surface area contributed by atoms with E-state index in [0.29, 0.717) is 6.42 Å². The maximum absolute atomic E-state index is 12.9. The second-order valence-corrected chi connectivity index (χ2v) is 5.37. The van der Waals surface area contributed by atoms with Crippen molar-refractivity contribution in [2.75, 3.05) is 6.61 Å². The van der Waals surface area contributed by atoms with E-state index < -0.39 is 5.41 Å². The molecule has 0 spiro atoms. The van der Waals surface area contributed by atoms with E-state index in [1.807, 2.05) is 20.8 Å². The van der Waals surface area contributed by atoms with Gasteiger partial charge in [-0.1, -0.05) is 12.1 Å². The van der Waals surface area contributed by atoms with Crippen molar-refractivity contribution in [2.24, 2.45) is 0 Å². The van der Waals surface area contributed by atoms with E-state index in [-0.39, 0.29) is 24.4 Å². The van der Waals surface area contributed by atoms with Crippen LogP contribution in [0.25, 0.3) is 0 Å². The Hall–Kier alpha value is -1.42. The van der Waals surface area contributed by atoms with E-state index in [4.69, 9.17) is 5.11 Å². The summed E-state index contributed by atoms with van der Waals surface area (Å²) in [6, 6.07) is 6.00. The van der Waals surface area contributed by atoms with Crippen LogP contribution in [0, 0.1) is 5.82 Å². The molecule has 1 rings (SSSR count). The summed E-state index contributed by atoms with van der Waals surface area (Å²) in [5, 5.41) is 11.7. The normalized spacial score (nSPS) is 13.1. The van der Waals surface area contributed by atoms with Crippen LogP contribution in [0.2, 0.25) is 0 Å². The highest BCUT2D eigenvalue weighted by Gasteiger charge is 2.30. The van der Waals surface area contributed by atoms with E-state index in [2.05, 4.69) is 5.32 Å². The second-order valence-electron chi connectivity index (χ2n) is 5.37. The van der Waals surface area contributed by atoms with Gasteiger partial charge in [0.1, 0.15) is 5.82 Å². The Kier molecular flexibility index (Phi) is 5.48. The molecule has 3 nitrogen and oxygen atoms in total. The van der Waals surface area contributed by atoms with Crippen molar-refractivity contribution in [2.45, 2.75) is 45.1 Å². The summed E-state index contributed by atoms with van der Waals surface area (Å²) in [5.41, 5.74) is 0.0713. The number of carbonyl (C=O) groups excluding carboxylic acids is 1. The monoisotopic (exact) mass is 267 g/mol. The summed E-state index contributed by atoms with van der Waals surface area (Å²) in [7, 11) is 0. The number of nitrogens with one attached hydrogen (secondary N) is 1. The second kappa shape index (κ2) is 6.66. The van der Waals surface area contributed by atoms with Gasteiger partial charge >= 0.3 is 0 Å². The molecule has 0 saturated heterocycles. The topological polar surface area (TPSA) is 49.3 Å². The zero-order valence-electron chi connectivity index (χ0n) is 11.7. The summed E-state index contributed by atoms with van der Waals surface area (Å²) >= 11 is 0. The van der Waals surface area contributed by atoms with Crippen molar-refractivity contribution in [3.63, 3.8) is 0 Å². The van der Waals surface area contributed by atoms with Crippen LogP contribution in [-0.2, 0) is 10.2 Å². The number of hydrogen-bond acceptors (Lipinski definition) is 2. The average Bonchev–Trinajstić information content (AvgIpc) is 2.36. The van der Waals surface area contributed by atoms with Crippen LogP contribution in [0.15, 0.2) is 24.3 Å².